The molecule has 1 aromatic heterocycles. The van der Waals surface area contributed by atoms with Crippen molar-refractivity contribution in [2.75, 3.05) is 11.9 Å². The molecule has 0 saturated carbocycles. The van der Waals surface area contributed by atoms with Crippen molar-refractivity contribution >= 4 is 5.69 Å². The lowest BCUT2D eigenvalue weighted by Gasteiger charge is -2.21. The first-order chi connectivity index (χ1) is 10.1. The Morgan fingerprint density at radius 3 is 2.81 bits per heavy atom. The Bertz CT molecular complexity index is 652. The van der Waals surface area contributed by atoms with Crippen LogP contribution in [-0.4, -0.2) is 11.6 Å². The molecular formula is C18H22N2O. The average molecular weight is 282 g/mol. The van der Waals surface area contributed by atoms with E-state index in [1.165, 1.54) is 11.1 Å². The van der Waals surface area contributed by atoms with Gasteiger partial charge in [0.05, 0.1) is 24.0 Å². The highest BCUT2D eigenvalue weighted by Crippen LogP contribution is 2.36. The largest absolute Gasteiger partial charge is 0.493 e. The van der Waals surface area contributed by atoms with Crippen molar-refractivity contribution in [3.05, 3.63) is 52.8 Å². The Morgan fingerprint density at radius 2 is 2.00 bits per heavy atom. The standard InChI is InChI=1S/C18H22N2O/c1-12-6-4-7-15-17(8-5-11-21-18(12)15)20-16-10-9-13(2)19-14(16)3/h4,6-7,9-10,17,20H,5,8,11H2,1-3H3. The first kappa shape index (κ1) is 13.9. The molecule has 2 aromatic rings. The van der Waals surface area contributed by atoms with Crippen LogP contribution < -0.4 is 10.1 Å². The highest BCUT2D eigenvalue weighted by molar-refractivity contribution is 5.52. The molecule has 3 heteroatoms. The van der Waals surface area contributed by atoms with E-state index in [0.29, 0.717) is 0 Å². The van der Waals surface area contributed by atoms with Gasteiger partial charge >= 0.3 is 0 Å². The maximum atomic E-state index is 5.94. The fourth-order valence-corrected chi connectivity index (χ4v) is 2.94. The number of anilines is 1. The molecule has 1 atom stereocenters. The fourth-order valence-electron chi connectivity index (χ4n) is 2.94. The molecule has 21 heavy (non-hydrogen) atoms. The predicted molar refractivity (Wildman–Crippen MR) is 86.0 cm³/mol. The molecule has 3 nitrogen and oxygen atoms in total. The molecule has 1 aliphatic rings. The number of nitrogens with zero attached hydrogens (tertiary/aromatic N) is 1. The summed E-state index contributed by atoms with van der Waals surface area (Å²) in [6.07, 6.45) is 2.13. The highest BCUT2D eigenvalue weighted by Gasteiger charge is 2.21. The summed E-state index contributed by atoms with van der Waals surface area (Å²) in [7, 11) is 0. The molecule has 0 fully saturated rings. The van der Waals surface area contributed by atoms with E-state index in [1.54, 1.807) is 0 Å². The molecular weight excluding hydrogens is 260 g/mol. The zero-order chi connectivity index (χ0) is 14.8. The van der Waals surface area contributed by atoms with Gasteiger partial charge in [-0.2, -0.15) is 0 Å². The molecule has 3 rings (SSSR count). The van der Waals surface area contributed by atoms with E-state index in [2.05, 4.69) is 54.5 Å². The predicted octanol–water partition coefficient (Wildman–Crippen LogP) is 4.33. The van der Waals surface area contributed by atoms with Crippen LogP contribution in [0.4, 0.5) is 5.69 Å². The van der Waals surface area contributed by atoms with E-state index in [-0.39, 0.29) is 6.04 Å². The van der Waals surface area contributed by atoms with Gasteiger partial charge in [0, 0.05) is 11.3 Å². The summed E-state index contributed by atoms with van der Waals surface area (Å²) < 4.78 is 5.94. The van der Waals surface area contributed by atoms with Gasteiger partial charge in [-0.25, -0.2) is 0 Å². The van der Waals surface area contributed by atoms with Crippen LogP contribution in [0, 0.1) is 20.8 Å². The molecule has 0 radical (unpaired) electrons. The molecule has 1 aromatic carbocycles. The van der Waals surface area contributed by atoms with Crippen LogP contribution in [0.2, 0.25) is 0 Å². The minimum atomic E-state index is 0.283. The summed E-state index contributed by atoms with van der Waals surface area (Å²) in [5, 5.41) is 3.66. The Labute approximate surface area is 126 Å². The molecule has 0 amide bonds. The van der Waals surface area contributed by atoms with Crippen LogP contribution in [0.25, 0.3) is 0 Å². The van der Waals surface area contributed by atoms with Gasteiger partial charge in [0.25, 0.3) is 0 Å². The minimum absolute atomic E-state index is 0.283. The monoisotopic (exact) mass is 282 g/mol. The minimum Gasteiger partial charge on any atom is -0.493 e. The number of rotatable bonds is 2. The molecule has 2 heterocycles. The number of para-hydroxylation sites is 1. The van der Waals surface area contributed by atoms with Gasteiger partial charge in [0.15, 0.2) is 0 Å². The lowest BCUT2D eigenvalue weighted by Crippen LogP contribution is -2.12. The lowest BCUT2D eigenvalue weighted by atomic mass is 9.99. The Morgan fingerprint density at radius 1 is 1.14 bits per heavy atom. The van der Waals surface area contributed by atoms with Crippen molar-refractivity contribution in [1.82, 2.24) is 4.98 Å². The van der Waals surface area contributed by atoms with Crippen LogP contribution in [-0.2, 0) is 0 Å². The summed E-state index contributed by atoms with van der Waals surface area (Å²) in [4.78, 5) is 4.54. The molecule has 0 aliphatic carbocycles. The van der Waals surface area contributed by atoms with Crippen LogP contribution in [0.1, 0.15) is 41.4 Å². The van der Waals surface area contributed by atoms with Crippen LogP contribution in [0.3, 0.4) is 0 Å². The molecule has 0 bridgehead atoms. The third kappa shape index (κ3) is 2.87. The molecule has 1 aliphatic heterocycles. The third-order valence-electron chi connectivity index (χ3n) is 4.06. The van der Waals surface area contributed by atoms with Gasteiger partial charge < -0.3 is 10.1 Å². The van der Waals surface area contributed by atoms with Crippen molar-refractivity contribution in [3.63, 3.8) is 0 Å². The van der Waals surface area contributed by atoms with E-state index in [9.17, 15) is 0 Å². The first-order valence-corrected chi connectivity index (χ1v) is 7.58. The van der Waals surface area contributed by atoms with Gasteiger partial charge in [-0.3, -0.25) is 4.98 Å². The van der Waals surface area contributed by atoms with Gasteiger partial charge in [-0.05, 0) is 51.3 Å². The zero-order valence-electron chi connectivity index (χ0n) is 12.9. The SMILES string of the molecule is Cc1ccc(NC2CCCOc3c(C)cccc32)c(C)n1. The second-order valence-corrected chi connectivity index (χ2v) is 5.77. The van der Waals surface area contributed by atoms with Crippen molar-refractivity contribution in [3.8, 4) is 5.75 Å². The van der Waals surface area contributed by atoms with Crippen molar-refractivity contribution in [1.29, 1.82) is 0 Å². The van der Waals surface area contributed by atoms with Gasteiger partial charge in [0.1, 0.15) is 5.75 Å². The van der Waals surface area contributed by atoms with Crippen molar-refractivity contribution < 1.29 is 4.74 Å². The summed E-state index contributed by atoms with van der Waals surface area (Å²) in [6.45, 7) is 6.98. The lowest BCUT2D eigenvalue weighted by molar-refractivity contribution is 0.314. The van der Waals surface area contributed by atoms with Gasteiger partial charge in [-0.1, -0.05) is 18.2 Å². The summed E-state index contributed by atoms with van der Waals surface area (Å²) >= 11 is 0. The Balaban J connectivity index is 1.94. The number of pyridine rings is 1. The highest BCUT2D eigenvalue weighted by atomic mass is 16.5. The molecule has 1 N–H and O–H groups in total. The molecule has 1 unspecified atom stereocenters. The maximum absolute atomic E-state index is 5.94. The molecule has 0 saturated heterocycles. The number of ether oxygens (including phenoxy) is 1. The normalized spacial score (nSPS) is 17.6. The number of hydrogen-bond donors (Lipinski definition) is 1. The number of hydrogen-bond acceptors (Lipinski definition) is 3. The quantitative estimate of drug-likeness (QED) is 0.890. The maximum Gasteiger partial charge on any atom is 0.127 e. The summed E-state index contributed by atoms with van der Waals surface area (Å²) in [6, 6.07) is 10.9. The van der Waals surface area contributed by atoms with Crippen LogP contribution in [0.5, 0.6) is 5.75 Å². The number of nitrogens with one attached hydrogen (secondary N) is 1. The van der Waals surface area contributed by atoms with Gasteiger partial charge in [0.2, 0.25) is 0 Å². The number of aromatic nitrogens is 1. The van der Waals surface area contributed by atoms with E-state index in [1.807, 2.05) is 6.92 Å². The smallest absolute Gasteiger partial charge is 0.127 e. The molecule has 110 valence electrons. The van der Waals surface area contributed by atoms with E-state index < -0.39 is 0 Å². The fraction of sp³-hybridized carbons (Fsp3) is 0.389. The van der Waals surface area contributed by atoms with E-state index in [0.717, 1.165) is 42.3 Å². The summed E-state index contributed by atoms with van der Waals surface area (Å²) in [5.74, 6) is 1.05. The zero-order valence-corrected chi connectivity index (χ0v) is 12.9. The first-order valence-electron chi connectivity index (χ1n) is 7.58. The topological polar surface area (TPSA) is 34.1 Å². The summed E-state index contributed by atoms with van der Waals surface area (Å²) in [5.41, 5.74) is 5.68. The number of aryl methyl sites for hydroxylation is 3. The Hall–Kier alpha value is -2.03. The van der Waals surface area contributed by atoms with Crippen molar-refractivity contribution in [2.24, 2.45) is 0 Å². The third-order valence-corrected chi connectivity index (χ3v) is 4.06. The number of fused-ring (bicyclic) bond motifs is 1. The van der Waals surface area contributed by atoms with Gasteiger partial charge in [-0.15, -0.1) is 0 Å². The van der Waals surface area contributed by atoms with Crippen LogP contribution >= 0.6 is 0 Å². The second kappa shape index (κ2) is 5.76. The van der Waals surface area contributed by atoms with E-state index in [4.69, 9.17) is 4.74 Å². The van der Waals surface area contributed by atoms with E-state index >= 15 is 0 Å². The van der Waals surface area contributed by atoms with Crippen LogP contribution in [0.15, 0.2) is 30.3 Å². The van der Waals surface area contributed by atoms with Crippen molar-refractivity contribution in [2.45, 2.75) is 39.7 Å². The Kier molecular flexibility index (Phi) is 3.82. The molecule has 0 spiro atoms. The average Bonchev–Trinajstić information content (AvgIpc) is 2.66. The number of benzene rings is 1. The second-order valence-electron chi connectivity index (χ2n) is 5.77.